The van der Waals surface area contributed by atoms with E-state index < -0.39 is 0 Å². The summed E-state index contributed by atoms with van der Waals surface area (Å²) in [6, 6.07) is 7.24. The number of benzene rings is 1. The van der Waals surface area contributed by atoms with Crippen LogP contribution in [0.15, 0.2) is 28.8 Å². The zero-order valence-electron chi connectivity index (χ0n) is 11.9. The third kappa shape index (κ3) is 2.45. The van der Waals surface area contributed by atoms with Crippen molar-refractivity contribution in [2.45, 2.75) is 6.92 Å². The van der Waals surface area contributed by atoms with Gasteiger partial charge in [-0.15, -0.1) is 0 Å². The van der Waals surface area contributed by atoms with Crippen LogP contribution in [0.1, 0.15) is 5.69 Å². The molecule has 21 heavy (non-hydrogen) atoms. The Balaban J connectivity index is 2.00. The molecule has 0 aliphatic carbocycles. The maximum atomic E-state index is 5.34. The van der Waals surface area contributed by atoms with Crippen molar-refractivity contribution in [3.63, 3.8) is 0 Å². The highest BCUT2D eigenvalue weighted by molar-refractivity contribution is 5.66. The fourth-order valence-electron chi connectivity index (χ4n) is 1.95. The van der Waals surface area contributed by atoms with Gasteiger partial charge in [-0.1, -0.05) is 5.16 Å². The van der Waals surface area contributed by atoms with Crippen LogP contribution in [0.4, 0.5) is 0 Å². The summed E-state index contributed by atoms with van der Waals surface area (Å²) < 4.78 is 15.7. The third-order valence-corrected chi connectivity index (χ3v) is 3.00. The number of aryl methyl sites for hydroxylation is 1. The highest BCUT2D eigenvalue weighted by Crippen LogP contribution is 2.32. The summed E-state index contributed by atoms with van der Waals surface area (Å²) in [5.74, 6) is 2.10. The van der Waals surface area contributed by atoms with Gasteiger partial charge in [0.25, 0.3) is 5.89 Å². The minimum absolute atomic E-state index is 0.354. The second-order valence-corrected chi connectivity index (χ2v) is 4.43. The van der Waals surface area contributed by atoms with Gasteiger partial charge in [-0.2, -0.15) is 10.1 Å². The molecule has 1 aromatic carbocycles. The van der Waals surface area contributed by atoms with E-state index in [0.29, 0.717) is 28.9 Å². The Morgan fingerprint density at radius 1 is 1.14 bits per heavy atom. The lowest BCUT2D eigenvalue weighted by molar-refractivity contribution is 0.394. The molecule has 1 N–H and O–H groups in total. The molecule has 0 radical (unpaired) electrons. The van der Waals surface area contributed by atoms with Gasteiger partial charge in [0.15, 0.2) is 5.69 Å². The largest absolute Gasteiger partial charge is 0.497 e. The van der Waals surface area contributed by atoms with Crippen LogP contribution < -0.4 is 9.47 Å². The molecule has 0 spiro atoms. The number of nitrogens with one attached hydrogen (secondary N) is 1. The first-order chi connectivity index (χ1) is 10.2. The Labute approximate surface area is 120 Å². The molecule has 0 saturated carbocycles. The van der Waals surface area contributed by atoms with E-state index in [-0.39, 0.29) is 0 Å². The average Bonchev–Trinajstić information content (AvgIpc) is 3.15. The second kappa shape index (κ2) is 5.28. The Morgan fingerprint density at radius 3 is 2.67 bits per heavy atom. The molecule has 7 heteroatoms. The van der Waals surface area contributed by atoms with E-state index >= 15 is 0 Å². The zero-order chi connectivity index (χ0) is 14.8. The van der Waals surface area contributed by atoms with Crippen molar-refractivity contribution in [1.29, 1.82) is 0 Å². The number of H-pyrrole nitrogens is 1. The third-order valence-electron chi connectivity index (χ3n) is 3.00. The van der Waals surface area contributed by atoms with Crippen molar-refractivity contribution >= 4 is 0 Å². The molecule has 0 unspecified atom stereocenters. The van der Waals surface area contributed by atoms with Crippen molar-refractivity contribution in [2.75, 3.05) is 14.2 Å². The van der Waals surface area contributed by atoms with E-state index in [2.05, 4.69) is 20.3 Å². The van der Waals surface area contributed by atoms with Gasteiger partial charge in [0, 0.05) is 11.8 Å². The summed E-state index contributed by atoms with van der Waals surface area (Å²) >= 11 is 0. The number of ether oxygens (including phenoxy) is 2. The summed E-state index contributed by atoms with van der Waals surface area (Å²) in [6.45, 7) is 1.90. The first-order valence-corrected chi connectivity index (χ1v) is 6.29. The van der Waals surface area contributed by atoms with Crippen LogP contribution in [0, 0.1) is 6.92 Å². The number of hydrogen-bond donors (Lipinski definition) is 1. The first-order valence-electron chi connectivity index (χ1n) is 6.29. The molecule has 3 rings (SSSR count). The predicted molar refractivity (Wildman–Crippen MR) is 75.2 cm³/mol. The smallest absolute Gasteiger partial charge is 0.278 e. The summed E-state index contributed by atoms with van der Waals surface area (Å²) in [6.07, 6.45) is 0. The highest BCUT2D eigenvalue weighted by Gasteiger charge is 2.16. The second-order valence-electron chi connectivity index (χ2n) is 4.43. The summed E-state index contributed by atoms with van der Waals surface area (Å²) in [4.78, 5) is 4.35. The maximum Gasteiger partial charge on any atom is 0.278 e. The van der Waals surface area contributed by atoms with Gasteiger partial charge < -0.3 is 14.0 Å². The molecule has 0 amide bonds. The lowest BCUT2D eigenvalue weighted by Gasteiger charge is -2.07. The topological polar surface area (TPSA) is 86.1 Å². The Bertz CT molecular complexity index is 763. The Kier molecular flexibility index (Phi) is 3.31. The lowest BCUT2D eigenvalue weighted by Crippen LogP contribution is -1.91. The van der Waals surface area contributed by atoms with Crippen molar-refractivity contribution in [2.24, 2.45) is 0 Å². The number of hydrogen-bond acceptors (Lipinski definition) is 6. The molecule has 0 aliphatic heterocycles. The molecule has 7 nitrogen and oxygen atoms in total. The van der Waals surface area contributed by atoms with Crippen LogP contribution in [0.25, 0.3) is 23.0 Å². The number of aromatic amines is 1. The van der Waals surface area contributed by atoms with E-state index in [1.54, 1.807) is 20.3 Å². The fraction of sp³-hybridized carbons (Fsp3) is 0.214. The number of methoxy groups -OCH3 is 2. The Hall–Kier alpha value is -2.83. The molecule has 2 aromatic heterocycles. The Morgan fingerprint density at radius 2 is 2.00 bits per heavy atom. The van der Waals surface area contributed by atoms with Crippen LogP contribution in [-0.4, -0.2) is 34.6 Å². The average molecular weight is 286 g/mol. The molecule has 0 atom stereocenters. The van der Waals surface area contributed by atoms with Crippen molar-refractivity contribution in [3.8, 4) is 34.5 Å². The number of aromatic nitrogens is 4. The molecule has 0 fully saturated rings. The van der Waals surface area contributed by atoms with Gasteiger partial charge in [-0.25, -0.2) is 0 Å². The van der Waals surface area contributed by atoms with E-state index in [1.807, 2.05) is 25.1 Å². The fourth-order valence-corrected chi connectivity index (χ4v) is 1.95. The van der Waals surface area contributed by atoms with Crippen LogP contribution in [-0.2, 0) is 0 Å². The van der Waals surface area contributed by atoms with Crippen LogP contribution in [0.3, 0.4) is 0 Å². The van der Waals surface area contributed by atoms with Crippen molar-refractivity contribution in [1.82, 2.24) is 20.3 Å². The first kappa shape index (κ1) is 13.2. The SMILES string of the molecule is COc1ccc(-c2noc(-c3cc(C)[nH]n3)n2)c(OC)c1. The molecule has 0 saturated heterocycles. The normalized spacial score (nSPS) is 10.6. The highest BCUT2D eigenvalue weighted by atomic mass is 16.5. The minimum atomic E-state index is 0.354. The van der Waals surface area contributed by atoms with Crippen molar-refractivity contribution in [3.05, 3.63) is 30.0 Å². The van der Waals surface area contributed by atoms with E-state index in [0.717, 1.165) is 11.3 Å². The van der Waals surface area contributed by atoms with Crippen molar-refractivity contribution < 1.29 is 14.0 Å². The van der Waals surface area contributed by atoms with Gasteiger partial charge in [0.05, 0.1) is 19.8 Å². The van der Waals surface area contributed by atoms with Gasteiger partial charge in [0.1, 0.15) is 11.5 Å². The van der Waals surface area contributed by atoms with E-state index in [4.69, 9.17) is 14.0 Å². The minimum Gasteiger partial charge on any atom is -0.497 e. The summed E-state index contributed by atoms with van der Waals surface area (Å²) in [5, 5.41) is 10.9. The predicted octanol–water partition coefficient (Wildman–Crippen LogP) is 2.45. The summed E-state index contributed by atoms with van der Waals surface area (Å²) in [7, 11) is 3.18. The summed E-state index contributed by atoms with van der Waals surface area (Å²) in [5.41, 5.74) is 2.26. The lowest BCUT2D eigenvalue weighted by atomic mass is 10.2. The van der Waals surface area contributed by atoms with Gasteiger partial charge in [-0.3, -0.25) is 5.10 Å². The van der Waals surface area contributed by atoms with Gasteiger partial charge >= 0.3 is 0 Å². The molecular weight excluding hydrogens is 272 g/mol. The maximum absolute atomic E-state index is 5.34. The van der Waals surface area contributed by atoms with Crippen LogP contribution in [0.5, 0.6) is 11.5 Å². The zero-order valence-corrected chi connectivity index (χ0v) is 11.9. The quantitative estimate of drug-likeness (QED) is 0.792. The van der Waals surface area contributed by atoms with Crippen LogP contribution >= 0.6 is 0 Å². The standard InChI is InChI=1S/C14H14N4O3/c1-8-6-11(17-16-8)14-15-13(18-21-14)10-5-4-9(19-2)7-12(10)20-3/h4-7H,1-3H3,(H,16,17). The van der Waals surface area contributed by atoms with Gasteiger partial charge in [0.2, 0.25) is 5.82 Å². The molecule has 3 aromatic rings. The van der Waals surface area contributed by atoms with Crippen LogP contribution in [0.2, 0.25) is 0 Å². The molecule has 2 heterocycles. The number of rotatable bonds is 4. The van der Waals surface area contributed by atoms with E-state index in [9.17, 15) is 0 Å². The molecule has 0 aliphatic rings. The van der Waals surface area contributed by atoms with E-state index in [1.165, 1.54) is 0 Å². The molecular formula is C14H14N4O3. The van der Waals surface area contributed by atoms with Gasteiger partial charge in [-0.05, 0) is 25.1 Å². The monoisotopic (exact) mass is 286 g/mol. The molecule has 108 valence electrons. The molecule has 0 bridgehead atoms. The number of nitrogens with zero attached hydrogens (tertiary/aromatic N) is 3.